The topological polar surface area (TPSA) is 0 Å². The predicted octanol–water partition coefficient (Wildman–Crippen LogP) is 3.92. The molecule has 0 aromatic rings. The minimum absolute atomic E-state index is 1.14. The van der Waals surface area contributed by atoms with E-state index in [1.165, 1.54) is 44.9 Å². The van der Waals surface area contributed by atoms with E-state index in [1.54, 1.807) is 6.42 Å². The van der Waals surface area contributed by atoms with Crippen molar-refractivity contribution in [3.05, 3.63) is 12.2 Å². The van der Waals surface area contributed by atoms with Gasteiger partial charge in [0, 0.05) is 0 Å². The van der Waals surface area contributed by atoms with Crippen LogP contribution in [0.5, 0.6) is 0 Å². The lowest BCUT2D eigenvalue weighted by atomic mass is 10.1. The van der Waals surface area contributed by atoms with Gasteiger partial charge in [0.2, 0.25) is 0 Å². The van der Waals surface area contributed by atoms with Gasteiger partial charge in [-0.2, -0.15) is 0 Å². The van der Waals surface area contributed by atoms with Gasteiger partial charge in [-0.05, 0) is 50.4 Å². The molecule has 0 N–H and O–H groups in total. The largest absolute Gasteiger partial charge is 0.0885 e. The molecule has 0 nitrogen and oxygen atoms in total. The van der Waals surface area contributed by atoms with E-state index in [2.05, 4.69) is 12.2 Å². The molecule has 1 fully saturated rings. The third kappa shape index (κ3) is 2.36. The van der Waals surface area contributed by atoms with E-state index < -0.39 is 0 Å². The van der Waals surface area contributed by atoms with Gasteiger partial charge in [0.25, 0.3) is 0 Å². The molecule has 0 heteroatoms. The van der Waals surface area contributed by atoms with E-state index in [4.69, 9.17) is 0 Å². The standard InChI is InChI=1S/C12H20/c1-2-4-6-8-11-10-12(11)9-7-5-3-1/h1-2,11-12H,3-10H2/b2-1+. The lowest BCUT2D eigenvalue weighted by Crippen LogP contribution is -1.83. The predicted molar refractivity (Wildman–Crippen MR) is 53.1 cm³/mol. The van der Waals surface area contributed by atoms with Gasteiger partial charge in [-0.25, -0.2) is 0 Å². The van der Waals surface area contributed by atoms with Crippen molar-refractivity contribution in [2.24, 2.45) is 11.8 Å². The van der Waals surface area contributed by atoms with Crippen LogP contribution in [0.15, 0.2) is 12.2 Å². The second-order valence-electron chi connectivity index (χ2n) is 4.44. The molecule has 2 rings (SSSR count). The Morgan fingerprint density at radius 2 is 1.42 bits per heavy atom. The summed E-state index contributed by atoms with van der Waals surface area (Å²) in [6, 6.07) is 0. The number of fused-ring (bicyclic) bond motifs is 1. The fourth-order valence-electron chi connectivity index (χ4n) is 2.42. The van der Waals surface area contributed by atoms with Gasteiger partial charge in [0.05, 0.1) is 0 Å². The monoisotopic (exact) mass is 164 g/mol. The molecule has 0 spiro atoms. The molecular formula is C12H20. The summed E-state index contributed by atoms with van der Waals surface area (Å²) >= 11 is 0. The molecule has 0 aliphatic heterocycles. The molecule has 0 bridgehead atoms. The van der Waals surface area contributed by atoms with Crippen LogP contribution in [-0.4, -0.2) is 0 Å². The molecule has 1 saturated carbocycles. The van der Waals surface area contributed by atoms with Gasteiger partial charge in [0.1, 0.15) is 0 Å². The highest BCUT2D eigenvalue weighted by atomic mass is 14.4. The number of hydrogen-bond donors (Lipinski definition) is 0. The fraction of sp³-hybridized carbons (Fsp3) is 0.833. The van der Waals surface area contributed by atoms with Gasteiger partial charge in [0.15, 0.2) is 0 Å². The zero-order valence-corrected chi connectivity index (χ0v) is 7.97. The lowest BCUT2D eigenvalue weighted by molar-refractivity contribution is 0.562. The number of rotatable bonds is 0. The highest BCUT2D eigenvalue weighted by Crippen LogP contribution is 2.45. The van der Waals surface area contributed by atoms with Crippen LogP contribution in [-0.2, 0) is 0 Å². The fourth-order valence-corrected chi connectivity index (χ4v) is 2.42. The third-order valence-electron chi connectivity index (χ3n) is 3.38. The average molecular weight is 164 g/mol. The molecular weight excluding hydrogens is 144 g/mol. The molecule has 0 radical (unpaired) electrons. The Morgan fingerprint density at radius 1 is 0.750 bits per heavy atom. The molecule has 12 heavy (non-hydrogen) atoms. The maximum atomic E-state index is 2.39. The smallest absolute Gasteiger partial charge is 0.0351 e. The molecule has 0 saturated heterocycles. The highest BCUT2D eigenvalue weighted by Gasteiger charge is 2.34. The van der Waals surface area contributed by atoms with E-state index in [9.17, 15) is 0 Å². The Labute approximate surface area is 76.1 Å². The summed E-state index contributed by atoms with van der Waals surface area (Å²) in [4.78, 5) is 0. The number of allylic oxidation sites excluding steroid dienone is 2. The molecule has 0 heterocycles. The quantitative estimate of drug-likeness (QED) is 0.476. The molecule has 2 aliphatic carbocycles. The Balaban J connectivity index is 1.76. The van der Waals surface area contributed by atoms with Crippen LogP contribution >= 0.6 is 0 Å². The molecule has 2 atom stereocenters. The van der Waals surface area contributed by atoms with Gasteiger partial charge in [-0.15, -0.1) is 0 Å². The summed E-state index contributed by atoms with van der Waals surface area (Å²) in [5.41, 5.74) is 0. The van der Waals surface area contributed by atoms with Crippen molar-refractivity contribution >= 4 is 0 Å². The Morgan fingerprint density at radius 3 is 2.25 bits per heavy atom. The maximum absolute atomic E-state index is 2.39. The molecule has 0 aromatic carbocycles. The van der Waals surface area contributed by atoms with Crippen LogP contribution < -0.4 is 0 Å². The first kappa shape index (κ1) is 8.34. The van der Waals surface area contributed by atoms with Crippen molar-refractivity contribution in [3.8, 4) is 0 Å². The van der Waals surface area contributed by atoms with Crippen LogP contribution in [0.2, 0.25) is 0 Å². The van der Waals surface area contributed by atoms with E-state index in [0.717, 1.165) is 11.8 Å². The molecule has 68 valence electrons. The summed E-state index contributed by atoms with van der Waals surface area (Å²) in [7, 11) is 0. The van der Waals surface area contributed by atoms with E-state index >= 15 is 0 Å². The summed E-state index contributed by atoms with van der Waals surface area (Å²) in [6.07, 6.45) is 16.4. The Hall–Kier alpha value is -0.260. The zero-order valence-electron chi connectivity index (χ0n) is 7.97. The van der Waals surface area contributed by atoms with Crippen LogP contribution in [0.1, 0.15) is 51.4 Å². The maximum Gasteiger partial charge on any atom is -0.0351 e. The van der Waals surface area contributed by atoms with Crippen LogP contribution in [0.25, 0.3) is 0 Å². The molecule has 0 aromatic heterocycles. The van der Waals surface area contributed by atoms with Gasteiger partial charge in [-0.1, -0.05) is 25.0 Å². The average Bonchev–Trinajstić information content (AvgIpc) is 2.78. The van der Waals surface area contributed by atoms with Crippen LogP contribution in [0, 0.1) is 11.8 Å². The van der Waals surface area contributed by atoms with E-state index in [1.807, 2.05) is 0 Å². The molecule has 2 unspecified atom stereocenters. The van der Waals surface area contributed by atoms with Gasteiger partial charge in [-0.3, -0.25) is 0 Å². The first-order chi connectivity index (χ1) is 5.97. The minimum atomic E-state index is 1.14. The van der Waals surface area contributed by atoms with Crippen LogP contribution in [0.3, 0.4) is 0 Å². The second kappa shape index (κ2) is 4.11. The Bertz CT molecular complexity index is 157. The highest BCUT2D eigenvalue weighted by molar-refractivity contribution is 4.89. The van der Waals surface area contributed by atoms with Gasteiger partial charge >= 0.3 is 0 Å². The van der Waals surface area contributed by atoms with Gasteiger partial charge < -0.3 is 0 Å². The first-order valence-corrected chi connectivity index (χ1v) is 5.62. The van der Waals surface area contributed by atoms with Crippen LogP contribution in [0.4, 0.5) is 0 Å². The van der Waals surface area contributed by atoms with Crippen molar-refractivity contribution in [2.75, 3.05) is 0 Å². The van der Waals surface area contributed by atoms with E-state index in [0.29, 0.717) is 0 Å². The van der Waals surface area contributed by atoms with Crippen molar-refractivity contribution < 1.29 is 0 Å². The summed E-state index contributed by atoms with van der Waals surface area (Å²) in [6.45, 7) is 0. The first-order valence-electron chi connectivity index (χ1n) is 5.62. The SMILES string of the molecule is C1=C/CCCC2CC2CCCC/1. The third-order valence-corrected chi connectivity index (χ3v) is 3.38. The minimum Gasteiger partial charge on any atom is -0.0885 e. The van der Waals surface area contributed by atoms with E-state index in [-0.39, 0.29) is 0 Å². The summed E-state index contributed by atoms with van der Waals surface area (Å²) in [5, 5.41) is 0. The summed E-state index contributed by atoms with van der Waals surface area (Å²) in [5.74, 6) is 2.28. The normalized spacial score (nSPS) is 39.3. The summed E-state index contributed by atoms with van der Waals surface area (Å²) < 4.78 is 0. The van der Waals surface area contributed by atoms with Crippen molar-refractivity contribution in [3.63, 3.8) is 0 Å². The van der Waals surface area contributed by atoms with Crippen molar-refractivity contribution in [1.82, 2.24) is 0 Å². The molecule has 2 aliphatic rings. The van der Waals surface area contributed by atoms with Crippen molar-refractivity contribution in [1.29, 1.82) is 0 Å². The Kier molecular flexibility index (Phi) is 2.86. The number of hydrogen-bond acceptors (Lipinski definition) is 0. The van der Waals surface area contributed by atoms with Crippen molar-refractivity contribution in [2.45, 2.75) is 51.4 Å². The lowest BCUT2D eigenvalue weighted by Gasteiger charge is -1.97. The zero-order chi connectivity index (χ0) is 8.23. The second-order valence-corrected chi connectivity index (χ2v) is 4.44. The molecule has 0 amide bonds.